The highest BCUT2D eigenvalue weighted by atomic mass is 16.1. The van der Waals surface area contributed by atoms with Gasteiger partial charge in [0.25, 0.3) is 0 Å². The molecule has 0 bridgehead atoms. The monoisotopic (exact) mass is 376 g/mol. The highest BCUT2D eigenvalue weighted by molar-refractivity contribution is 5.99. The van der Waals surface area contributed by atoms with Crippen molar-refractivity contribution in [1.82, 2.24) is 4.90 Å². The number of benzene rings is 2. The number of rotatable bonds is 5. The lowest BCUT2D eigenvalue weighted by atomic mass is 9.91. The number of carbonyl (C=O) groups excluding carboxylic acids is 2. The summed E-state index contributed by atoms with van der Waals surface area (Å²) in [6, 6.07) is 16.4. The Hall–Kier alpha value is -2.46. The van der Waals surface area contributed by atoms with Gasteiger partial charge in [-0.05, 0) is 73.9 Å². The number of aryl methyl sites for hydroxylation is 1. The predicted octanol–water partition coefficient (Wildman–Crippen LogP) is 4.10. The molecule has 2 aliphatic rings. The number of Topliss-reactive ketones (excluding diaryl/α,β-unsaturated/α-hetero) is 1. The number of carbonyl (C=O) groups is 2. The Labute approximate surface area is 166 Å². The summed E-state index contributed by atoms with van der Waals surface area (Å²) < 4.78 is 0. The highest BCUT2D eigenvalue weighted by Gasteiger charge is 2.23. The van der Waals surface area contributed by atoms with E-state index in [1.165, 1.54) is 12.0 Å². The SMILES string of the molecule is O=C1CCCc2cc(C(=O)CN3CCC[C@H](Cc4ccccc4)C3)ccc2N1. The van der Waals surface area contributed by atoms with Crippen LogP contribution in [0.3, 0.4) is 0 Å². The molecule has 0 spiro atoms. The molecule has 1 fully saturated rings. The molecule has 0 saturated carbocycles. The number of hydrogen-bond donors (Lipinski definition) is 1. The standard InChI is InChI=1S/C24H28N2O2/c27-23(21-11-12-22-20(15-21)9-4-10-24(28)25-22)17-26-13-5-8-19(16-26)14-18-6-2-1-3-7-18/h1-3,6-7,11-12,15,19H,4-5,8-10,13-14,16-17H2,(H,25,28)/t19-/m1/s1. The first-order valence-electron chi connectivity index (χ1n) is 10.4. The molecular weight excluding hydrogens is 348 g/mol. The fourth-order valence-electron chi connectivity index (χ4n) is 4.45. The summed E-state index contributed by atoms with van der Waals surface area (Å²) in [5.41, 5.74) is 4.09. The van der Waals surface area contributed by atoms with Crippen LogP contribution in [0.5, 0.6) is 0 Å². The number of likely N-dealkylation sites (tertiary alicyclic amines) is 1. The maximum atomic E-state index is 12.9. The topological polar surface area (TPSA) is 49.4 Å². The van der Waals surface area contributed by atoms with Crippen LogP contribution in [0.25, 0.3) is 0 Å². The number of ketones is 1. The van der Waals surface area contributed by atoms with E-state index < -0.39 is 0 Å². The first kappa shape index (κ1) is 18.9. The van der Waals surface area contributed by atoms with E-state index >= 15 is 0 Å². The third kappa shape index (κ3) is 4.68. The lowest BCUT2D eigenvalue weighted by Crippen LogP contribution is -2.39. The van der Waals surface area contributed by atoms with E-state index in [4.69, 9.17) is 0 Å². The zero-order chi connectivity index (χ0) is 19.3. The predicted molar refractivity (Wildman–Crippen MR) is 112 cm³/mol. The molecule has 2 aromatic carbocycles. The van der Waals surface area contributed by atoms with Crippen LogP contribution in [0.1, 0.15) is 47.2 Å². The summed E-state index contributed by atoms with van der Waals surface area (Å²) in [5.74, 6) is 0.862. The molecule has 0 unspecified atom stereocenters. The molecule has 146 valence electrons. The Morgan fingerprint density at radius 1 is 1.07 bits per heavy atom. The van der Waals surface area contributed by atoms with Crippen LogP contribution in [-0.4, -0.2) is 36.2 Å². The van der Waals surface area contributed by atoms with Gasteiger partial charge < -0.3 is 5.32 Å². The van der Waals surface area contributed by atoms with Crippen molar-refractivity contribution >= 4 is 17.4 Å². The van der Waals surface area contributed by atoms with Crippen molar-refractivity contribution in [2.75, 3.05) is 25.0 Å². The number of nitrogens with one attached hydrogen (secondary N) is 1. The lowest BCUT2D eigenvalue weighted by molar-refractivity contribution is -0.116. The molecule has 4 nitrogen and oxygen atoms in total. The van der Waals surface area contributed by atoms with E-state index in [1.54, 1.807) is 0 Å². The molecule has 2 aliphatic heterocycles. The second-order valence-corrected chi connectivity index (χ2v) is 8.13. The Kier molecular flexibility index (Phi) is 5.87. The van der Waals surface area contributed by atoms with E-state index in [9.17, 15) is 9.59 Å². The van der Waals surface area contributed by atoms with Gasteiger partial charge in [0.05, 0.1) is 6.54 Å². The smallest absolute Gasteiger partial charge is 0.224 e. The van der Waals surface area contributed by atoms with Crippen LogP contribution in [0.15, 0.2) is 48.5 Å². The second-order valence-electron chi connectivity index (χ2n) is 8.13. The summed E-state index contributed by atoms with van der Waals surface area (Å²) in [6.07, 6.45) is 5.71. The zero-order valence-electron chi connectivity index (χ0n) is 16.3. The molecule has 2 heterocycles. The average Bonchev–Trinajstić information content (AvgIpc) is 2.89. The number of fused-ring (bicyclic) bond motifs is 1. The first-order chi connectivity index (χ1) is 13.7. The van der Waals surface area contributed by atoms with Gasteiger partial charge in [0.2, 0.25) is 5.91 Å². The van der Waals surface area contributed by atoms with E-state index in [1.807, 2.05) is 18.2 Å². The van der Waals surface area contributed by atoms with Gasteiger partial charge in [-0.15, -0.1) is 0 Å². The van der Waals surface area contributed by atoms with Gasteiger partial charge in [0.15, 0.2) is 5.78 Å². The van der Waals surface area contributed by atoms with Crippen LogP contribution in [0.2, 0.25) is 0 Å². The van der Waals surface area contributed by atoms with E-state index in [0.717, 1.165) is 55.6 Å². The molecule has 4 heteroatoms. The van der Waals surface area contributed by atoms with E-state index in [0.29, 0.717) is 18.9 Å². The Bertz CT molecular complexity index is 847. The average molecular weight is 376 g/mol. The minimum atomic E-state index is 0.0654. The van der Waals surface area contributed by atoms with E-state index in [2.05, 4.69) is 40.5 Å². The Morgan fingerprint density at radius 3 is 2.79 bits per heavy atom. The summed E-state index contributed by atoms with van der Waals surface area (Å²) in [5, 5.41) is 2.94. The maximum absolute atomic E-state index is 12.9. The van der Waals surface area contributed by atoms with Crippen molar-refractivity contribution < 1.29 is 9.59 Å². The van der Waals surface area contributed by atoms with Crippen molar-refractivity contribution in [3.8, 4) is 0 Å². The quantitative estimate of drug-likeness (QED) is 0.800. The van der Waals surface area contributed by atoms with Crippen molar-refractivity contribution in [1.29, 1.82) is 0 Å². The fourth-order valence-corrected chi connectivity index (χ4v) is 4.45. The molecular formula is C24H28N2O2. The molecule has 4 rings (SSSR count). The van der Waals surface area contributed by atoms with Crippen molar-refractivity contribution in [2.24, 2.45) is 5.92 Å². The van der Waals surface area contributed by atoms with Gasteiger partial charge in [-0.2, -0.15) is 0 Å². The van der Waals surface area contributed by atoms with Gasteiger partial charge in [0.1, 0.15) is 0 Å². The van der Waals surface area contributed by atoms with Crippen LogP contribution >= 0.6 is 0 Å². The van der Waals surface area contributed by atoms with E-state index in [-0.39, 0.29) is 11.7 Å². The molecule has 28 heavy (non-hydrogen) atoms. The zero-order valence-corrected chi connectivity index (χ0v) is 16.3. The summed E-state index contributed by atoms with van der Waals surface area (Å²) in [7, 11) is 0. The number of piperidine rings is 1. The number of amides is 1. The summed E-state index contributed by atoms with van der Waals surface area (Å²) in [6.45, 7) is 2.47. The highest BCUT2D eigenvalue weighted by Crippen LogP contribution is 2.25. The molecule has 0 aromatic heterocycles. The molecule has 2 aromatic rings. The van der Waals surface area contributed by atoms with Crippen LogP contribution in [0.4, 0.5) is 5.69 Å². The third-order valence-electron chi connectivity index (χ3n) is 5.89. The van der Waals surface area contributed by atoms with Gasteiger partial charge in [0, 0.05) is 24.2 Å². The first-order valence-corrected chi connectivity index (χ1v) is 10.4. The molecule has 1 saturated heterocycles. The minimum Gasteiger partial charge on any atom is -0.326 e. The maximum Gasteiger partial charge on any atom is 0.224 e. The second kappa shape index (κ2) is 8.70. The van der Waals surface area contributed by atoms with Gasteiger partial charge in [-0.1, -0.05) is 30.3 Å². The fraction of sp³-hybridized carbons (Fsp3) is 0.417. The lowest BCUT2D eigenvalue weighted by Gasteiger charge is -2.32. The van der Waals surface area contributed by atoms with Gasteiger partial charge >= 0.3 is 0 Å². The number of anilines is 1. The largest absolute Gasteiger partial charge is 0.326 e. The van der Waals surface area contributed by atoms with Crippen molar-refractivity contribution in [2.45, 2.75) is 38.5 Å². The van der Waals surface area contributed by atoms with Crippen molar-refractivity contribution in [3.63, 3.8) is 0 Å². The number of nitrogens with zero attached hydrogens (tertiary/aromatic N) is 1. The minimum absolute atomic E-state index is 0.0654. The van der Waals surface area contributed by atoms with Crippen LogP contribution in [0, 0.1) is 5.92 Å². The van der Waals surface area contributed by atoms with Gasteiger partial charge in [-0.25, -0.2) is 0 Å². The summed E-state index contributed by atoms with van der Waals surface area (Å²) >= 11 is 0. The molecule has 1 atom stereocenters. The molecule has 0 radical (unpaired) electrons. The Morgan fingerprint density at radius 2 is 1.93 bits per heavy atom. The third-order valence-corrected chi connectivity index (χ3v) is 5.89. The van der Waals surface area contributed by atoms with Gasteiger partial charge in [-0.3, -0.25) is 14.5 Å². The molecule has 1 N–H and O–H groups in total. The normalized spacial score (nSPS) is 20.1. The Balaban J connectivity index is 1.38. The number of hydrogen-bond acceptors (Lipinski definition) is 3. The molecule has 1 amide bonds. The summed E-state index contributed by atoms with van der Waals surface area (Å²) in [4.78, 5) is 26.9. The van der Waals surface area contributed by atoms with Crippen molar-refractivity contribution in [3.05, 3.63) is 65.2 Å². The van der Waals surface area contributed by atoms with Crippen LogP contribution < -0.4 is 5.32 Å². The van der Waals surface area contributed by atoms with Crippen LogP contribution in [-0.2, 0) is 17.6 Å². The molecule has 0 aliphatic carbocycles.